The second-order valence-electron chi connectivity index (χ2n) is 9.34. The molecule has 0 spiro atoms. The van der Waals surface area contributed by atoms with Crippen LogP contribution in [0.5, 0.6) is 5.88 Å². The van der Waals surface area contributed by atoms with Crippen molar-refractivity contribution < 1.29 is 18.3 Å². The number of carbonyl (C=O) groups is 1. The van der Waals surface area contributed by atoms with Crippen molar-refractivity contribution in [1.82, 2.24) is 24.7 Å². The van der Waals surface area contributed by atoms with Crippen molar-refractivity contribution in [3.63, 3.8) is 0 Å². The van der Waals surface area contributed by atoms with E-state index in [0.29, 0.717) is 35.1 Å². The van der Waals surface area contributed by atoms with E-state index in [1.54, 1.807) is 36.1 Å². The van der Waals surface area contributed by atoms with E-state index >= 15 is 0 Å². The molecule has 0 fully saturated rings. The molecule has 4 aromatic rings. The highest BCUT2D eigenvalue weighted by Gasteiger charge is 2.21. The first kappa shape index (κ1) is 25.4. The van der Waals surface area contributed by atoms with E-state index in [0.717, 1.165) is 37.0 Å². The molecule has 9 heteroatoms. The smallest absolute Gasteiger partial charge is 0.216 e. The Kier molecular flexibility index (Phi) is 7.62. The van der Waals surface area contributed by atoms with Crippen LogP contribution >= 0.6 is 0 Å². The number of Topliss-reactive ketones (excluding diaryl/α,β-unsaturated/α-hetero) is 1. The normalized spacial score (nSPS) is 15.6. The van der Waals surface area contributed by atoms with E-state index in [4.69, 9.17) is 4.74 Å². The minimum atomic E-state index is -0.365. The number of ketones is 1. The largest absolute Gasteiger partial charge is 0.481 e. The number of aromatic nitrogens is 5. The van der Waals surface area contributed by atoms with Crippen LogP contribution in [0.1, 0.15) is 37.8 Å². The number of carbonyl (C=O) groups excluding carboxylic acids is 1. The Morgan fingerprint density at radius 1 is 1.03 bits per heavy atom. The van der Waals surface area contributed by atoms with Gasteiger partial charge in [0.1, 0.15) is 24.5 Å². The number of ether oxygens (including phenoxy) is 1. The van der Waals surface area contributed by atoms with E-state index < -0.39 is 0 Å². The van der Waals surface area contributed by atoms with Crippen LogP contribution in [0.3, 0.4) is 0 Å². The second kappa shape index (κ2) is 11.4. The van der Waals surface area contributed by atoms with Gasteiger partial charge in [-0.15, -0.1) is 5.10 Å². The molecule has 7 nitrogen and oxygen atoms in total. The Hall–Kier alpha value is -4.27. The van der Waals surface area contributed by atoms with Crippen LogP contribution in [0, 0.1) is 17.6 Å². The lowest BCUT2D eigenvalue weighted by atomic mass is 9.95. The summed E-state index contributed by atoms with van der Waals surface area (Å²) in [5.41, 5.74) is 3.26. The highest BCUT2D eigenvalue weighted by Crippen LogP contribution is 2.31. The van der Waals surface area contributed by atoms with Gasteiger partial charge in [0.15, 0.2) is 17.4 Å². The summed E-state index contributed by atoms with van der Waals surface area (Å²) in [7, 11) is 1.58. The van der Waals surface area contributed by atoms with E-state index in [1.807, 2.05) is 6.07 Å². The Labute approximate surface area is 219 Å². The van der Waals surface area contributed by atoms with Gasteiger partial charge in [-0.25, -0.2) is 28.4 Å². The molecule has 0 aliphatic heterocycles. The van der Waals surface area contributed by atoms with Crippen LogP contribution in [0.15, 0.2) is 67.0 Å². The van der Waals surface area contributed by atoms with Crippen LogP contribution in [0.25, 0.3) is 28.3 Å². The van der Waals surface area contributed by atoms with E-state index in [2.05, 4.69) is 26.1 Å². The molecule has 0 amide bonds. The maximum absolute atomic E-state index is 13.5. The monoisotopic (exact) mass is 515 g/mol. The lowest BCUT2D eigenvalue weighted by molar-refractivity contribution is -0.120. The van der Waals surface area contributed by atoms with Crippen molar-refractivity contribution in [3.05, 3.63) is 84.3 Å². The summed E-state index contributed by atoms with van der Waals surface area (Å²) in [5.74, 6) is 0.875. The van der Waals surface area contributed by atoms with Crippen molar-refractivity contribution in [2.45, 2.75) is 38.6 Å². The van der Waals surface area contributed by atoms with Gasteiger partial charge < -0.3 is 4.74 Å². The zero-order chi connectivity index (χ0) is 26.5. The molecule has 0 saturated heterocycles. The Bertz CT molecular complexity index is 1450. The van der Waals surface area contributed by atoms with Gasteiger partial charge in [-0.3, -0.25) is 4.79 Å². The summed E-state index contributed by atoms with van der Waals surface area (Å²) in [6.07, 6.45) is 7.61. The highest BCUT2D eigenvalue weighted by molar-refractivity contribution is 5.79. The summed E-state index contributed by atoms with van der Waals surface area (Å²) in [5, 5.41) is 4.56. The van der Waals surface area contributed by atoms with Crippen LogP contribution in [0.4, 0.5) is 8.78 Å². The second-order valence-corrected chi connectivity index (χ2v) is 9.34. The topological polar surface area (TPSA) is 82.8 Å². The molecule has 1 atom stereocenters. The average Bonchev–Trinajstić information content (AvgIpc) is 3.19. The third kappa shape index (κ3) is 5.99. The molecule has 1 aliphatic carbocycles. The van der Waals surface area contributed by atoms with Crippen LogP contribution < -0.4 is 4.74 Å². The van der Waals surface area contributed by atoms with Crippen molar-refractivity contribution in [2.75, 3.05) is 7.11 Å². The summed E-state index contributed by atoms with van der Waals surface area (Å²) in [4.78, 5) is 26.3. The van der Waals surface area contributed by atoms with Crippen molar-refractivity contribution >= 4 is 11.4 Å². The van der Waals surface area contributed by atoms with Crippen LogP contribution in [0.2, 0.25) is 0 Å². The molecule has 1 unspecified atom stereocenters. The lowest BCUT2D eigenvalue weighted by Gasteiger charge is -2.12. The van der Waals surface area contributed by atoms with Gasteiger partial charge in [-0.1, -0.05) is 6.08 Å². The zero-order valence-corrected chi connectivity index (χ0v) is 21.0. The van der Waals surface area contributed by atoms with Gasteiger partial charge in [0.25, 0.3) is 0 Å². The zero-order valence-electron chi connectivity index (χ0n) is 21.0. The number of hydrogen-bond donors (Lipinski definition) is 0. The molecule has 1 aliphatic rings. The summed E-state index contributed by atoms with van der Waals surface area (Å²) < 4.78 is 33.7. The molecule has 0 N–H and O–H groups in total. The quantitative estimate of drug-likeness (QED) is 0.290. The number of halogens is 2. The first-order valence-corrected chi connectivity index (χ1v) is 12.5. The predicted molar refractivity (Wildman–Crippen MR) is 139 cm³/mol. The van der Waals surface area contributed by atoms with Gasteiger partial charge in [0.05, 0.1) is 12.8 Å². The summed E-state index contributed by atoms with van der Waals surface area (Å²) in [6, 6.07) is 13.6. The molecular weight excluding hydrogens is 488 g/mol. The number of nitrogens with zero attached hydrogens (tertiary/aromatic N) is 5. The maximum atomic E-state index is 13.5. The Morgan fingerprint density at radius 2 is 1.74 bits per heavy atom. The van der Waals surface area contributed by atoms with Crippen LogP contribution in [-0.4, -0.2) is 37.6 Å². The summed E-state index contributed by atoms with van der Waals surface area (Å²) in [6.45, 7) is 0.0388. The van der Waals surface area contributed by atoms with Gasteiger partial charge in [-0.05, 0) is 85.7 Å². The van der Waals surface area contributed by atoms with Crippen molar-refractivity contribution in [2.24, 2.45) is 5.92 Å². The molecule has 2 heterocycles. The van der Waals surface area contributed by atoms with Crippen molar-refractivity contribution in [3.8, 4) is 28.7 Å². The minimum Gasteiger partial charge on any atom is -0.481 e. The lowest BCUT2D eigenvalue weighted by Crippen LogP contribution is -2.16. The molecule has 194 valence electrons. The molecule has 5 rings (SSSR count). The Morgan fingerprint density at radius 3 is 2.45 bits per heavy atom. The van der Waals surface area contributed by atoms with Crippen LogP contribution in [-0.2, 0) is 11.3 Å². The van der Waals surface area contributed by atoms with Gasteiger partial charge in [0, 0.05) is 23.6 Å². The third-order valence-electron chi connectivity index (χ3n) is 6.66. The number of benzene rings is 2. The van der Waals surface area contributed by atoms with Gasteiger partial charge in [-0.2, -0.15) is 0 Å². The van der Waals surface area contributed by atoms with Gasteiger partial charge in [0.2, 0.25) is 5.88 Å². The molecule has 2 aromatic carbocycles. The standard InChI is InChI=1S/C29H27F2N5O2/c1-38-27-16-26(32-18-33-27)20-4-2-3-19(5-6-20)15-25(37)17-36-29(22-9-13-24(31)14-10-22)34-28(35-36)21-7-11-23(30)12-8-21/h6-14,16,18-19H,2-5,15,17H2,1H3. The maximum Gasteiger partial charge on any atom is 0.216 e. The number of allylic oxidation sites excluding steroid dienone is 2. The number of rotatable bonds is 8. The molecule has 2 aromatic heterocycles. The number of hydrogen-bond acceptors (Lipinski definition) is 6. The summed E-state index contributed by atoms with van der Waals surface area (Å²) >= 11 is 0. The Balaban J connectivity index is 1.33. The van der Waals surface area contributed by atoms with E-state index in [-0.39, 0.29) is 29.9 Å². The molecule has 38 heavy (non-hydrogen) atoms. The highest BCUT2D eigenvalue weighted by atomic mass is 19.1. The van der Waals surface area contributed by atoms with Crippen molar-refractivity contribution in [1.29, 1.82) is 0 Å². The van der Waals surface area contributed by atoms with Gasteiger partial charge >= 0.3 is 0 Å². The SMILES string of the molecule is COc1cc(C2=CCC(CC(=O)Cn3nc(-c4ccc(F)cc4)nc3-c3ccc(F)cc3)CCC2)ncn1. The first-order valence-electron chi connectivity index (χ1n) is 12.5. The third-order valence-corrected chi connectivity index (χ3v) is 6.66. The predicted octanol–water partition coefficient (Wildman–Crippen LogP) is 5.92. The fraction of sp³-hybridized carbons (Fsp3) is 0.276. The molecule has 0 saturated carbocycles. The first-order chi connectivity index (χ1) is 18.5. The minimum absolute atomic E-state index is 0.0365. The molecular formula is C29H27F2N5O2. The fourth-order valence-electron chi connectivity index (χ4n) is 4.69. The molecule has 0 radical (unpaired) electrons. The fourth-order valence-corrected chi connectivity index (χ4v) is 4.69. The van der Waals surface area contributed by atoms with E-state index in [9.17, 15) is 13.6 Å². The molecule has 0 bridgehead atoms. The average molecular weight is 516 g/mol. The number of methoxy groups -OCH3 is 1. The van der Waals surface area contributed by atoms with E-state index in [1.165, 1.54) is 30.6 Å².